The minimum atomic E-state index is -0.435. The molecule has 1 aliphatic heterocycles. The summed E-state index contributed by atoms with van der Waals surface area (Å²) in [6, 6.07) is 4.78. The molecule has 0 unspecified atom stereocenters. The fourth-order valence-corrected chi connectivity index (χ4v) is 2.68. The minimum absolute atomic E-state index is 0.00248. The summed E-state index contributed by atoms with van der Waals surface area (Å²) in [7, 11) is 1.44. The lowest BCUT2D eigenvalue weighted by Gasteiger charge is -2.24. The lowest BCUT2D eigenvalue weighted by Crippen LogP contribution is -2.31. The molecular weight excluding hydrogens is 286 g/mol. The van der Waals surface area contributed by atoms with Crippen LogP contribution >= 0.6 is 0 Å². The highest BCUT2D eigenvalue weighted by Crippen LogP contribution is 2.37. The van der Waals surface area contributed by atoms with Gasteiger partial charge in [-0.25, -0.2) is 4.98 Å². The number of hydrogen-bond donors (Lipinski definition) is 3. The Hall–Kier alpha value is -2.83. The maximum Gasteiger partial charge on any atom is 0.256 e. The van der Waals surface area contributed by atoms with Gasteiger partial charge < -0.3 is 20.1 Å². The Kier molecular flexibility index (Phi) is 3.32. The number of aromatic hydroxyl groups is 1. The molecule has 1 atom stereocenters. The number of phenols is 1. The van der Waals surface area contributed by atoms with Crippen LogP contribution in [0.1, 0.15) is 29.3 Å². The van der Waals surface area contributed by atoms with Gasteiger partial charge in [0.2, 0.25) is 5.91 Å². The number of nitrogens with one attached hydrogen (secondary N) is 2. The highest BCUT2D eigenvalue weighted by atomic mass is 16.5. The number of aryl methyl sites for hydroxylation is 1. The Morgan fingerprint density at radius 3 is 2.86 bits per heavy atom. The summed E-state index contributed by atoms with van der Waals surface area (Å²) < 4.78 is 5.09. The number of amides is 1. The molecule has 7 heteroatoms. The number of aromatic nitrogens is 2. The van der Waals surface area contributed by atoms with E-state index < -0.39 is 5.92 Å². The van der Waals surface area contributed by atoms with Gasteiger partial charge >= 0.3 is 0 Å². The summed E-state index contributed by atoms with van der Waals surface area (Å²) in [6.45, 7) is 1.65. The van der Waals surface area contributed by atoms with Gasteiger partial charge in [0.1, 0.15) is 11.6 Å². The number of phenolic OH excluding ortho intramolecular Hbond substituents is 1. The molecule has 0 bridgehead atoms. The van der Waals surface area contributed by atoms with Gasteiger partial charge in [-0.05, 0) is 24.6 Å². The molecule has 0 aliphatic carbocycles. The molecule has 1 aromatic heterocycles. The average Bonchev–Trinajstić information content (AvgIpc) is 2.46. The lowest BCUT2D eigenvalue weighted by atomic mass is 9.86. The number of rotatable bonds is 2. The Bertz CT molecular complexity index is 813. The number of hydrogen-bond acceptors (Lipinski definition) is 5. The summed E-state index contributed by atoms with van der Waals surface area (Å²) >= 11 is 0. The van der Waals surface area contributed by atoms with E-state index in [4.69, 9.17) is 4.74 Å². The van der Waals surface area contributed by atoms with Gasteiger partial charge in [-0.3, -0.25) is 9.59 Å². The largest absolute Gasteiger partial charge is 0.504 e. The van der Waals surface area contributed by atoms with Crippen LogP contribution in [0, 0.1) is 6.92 Å². The predicted octanol–water partition coefficient (Wildman–Crippen LogP) is 1.27. The number of H-pyrrole nitrogens is 1. The van der Waals surface area contributed by atoms with Crippen molar-refractivity contribution in [2.45, 2.75) is 19.3 Å². The van der Waals surface area contributed by atoms with E-state index in [1.165, 1.54) is 13.2 Å². The quantitative estimate of drug-likeness (QED) is 0.774. The van der Waals surface area contributed by atoms with Crippen molar-refractivity contribution in [1.29, 1.82) is 0 Å². The normalized spacial score (nSPS) is 16.8. The zero-order valence-electron chi connectivity index (χ0n) is 12.1. The zero-order valence-corrected chi connectivity index (χ0v) is 12.1. The summed E-state index contributed by atoms with van der Waals surface area (Å²) in [5.74, 6) is 0.379. The molecule has 1 amide bonds. The van der Waals surface area contributed by atoms with E-state index in [-0.39, 0.29) is 29.5 Å². The molecule has 0 spiro atoms. The third-order valence-corrected chi connectivity index (χ3v) is 3.68. The van der Waals surface area contributed by atoms with Gasteiger partial charge in [0, 0.05) is 12.3 Å². The first-order valence-electron chi connectivity index (χ1n) is 6.77. The second-order valence-electron chi connectivity index (χ2n) is 5.15. The van der Waals surface area contributed by atoms with Crippen LogP contribution in [0.3, 0.4) is 0 Å². The number of anilines is 1. The molecule has 3 N–H and O–H groups in total. The predicted molar refractivity (Wildman–Crippen MR) is 79.3 cm³/mol. The van der Waals surface area contributed by atoms with Gasteiger partial charge in [-0.2, -0.15) is 0 Å². The van der Waals surface area contributed by atoms with Crippen LogP contribution in [0.5, 0.6) is 11.5 Å². The SMILES string of the molecule is COc1cc([C@H]2CC(=O)Nc3nc(C)[nH]c(=O)c32)ccc1O. The number of nitrogens with zero attached hydrogens (tertiary/aromatic N) is 1. The van der Waals surface area contributed by atoms with Crippen LogP contribution in [0.2, 0.25) is 0 Å². The first kappa shape index (κ1) is 14.1. The standard InChI is InChI=1S/C15H15N3O4/c1-7-16-14-13(15(21)17-7)9(6-12(20)18-14)8-3-4-10(19)11(5-8)22-2/h3-5,9,19H,6H2,1-2H3,(H2,16,17,18,20,21)/t9-/m1/s1. The molecule has 0 radical (unpaired) electrons. The number of carbonyl (C=O) groups is 1. The monoisotopic (exact) mass is 301 g/mol. The molecule has 0 saturated carbocycles. The van der Waals surface area contributed by atoms with Gasteiger partial charge in [-0.1, -0.05) is 6.07 Å². The molecule has 22 heavy (non-hydrogen) atoms. The first-order chi connectivity index (χ1) is 10.5. The van der Waals surface area contributed by atoms with Crippen LogP contribution in [-0.4, -0.2) is 28.1 Å². The number of aromatic amines is 1. The number of carbonyl (C=O) groups excluding carboxylic acids is 1. The highest BCUT2D eigenvalue weighted by molar-refractivity contribution is 5.94. The third kappa shape index (κ3) is 2.30. The number of benzene rings is 1. The molecule has 2 heterocycles. The van der Waals surface area contributed by atoms with E-state index >= 15 is 0 Å². The Balaban J connectivity index is 2.17. The van der Waals surface area contributed by atoms with Gasteiger partial charge in [0.25, 0.3) is 5.56 Å². The van der Waals surface area contributed by atoms with Crippen molar-refractivity contribution in [2.75, 3.05) is 12.4 Å². The first-order valence-corrected chi connectivity index (χ1v) is 6.77. The van der Waals surface area contributed by atoms with E-state index in [0.717, 1.165) is 0 Å². The summed E-state index contributed by atoms with van der Waals surface area (Å²) in [5.41, 5.74) is 0.847. The Morgan fingerprint density at radius 1 is 1.36 bits per heavy atom. The molecule has 114 valence electrons. The van der Waals surface area contributed by atoms with Crippen LogP contribution in [-0.2, 0) is 4.79 Å². The molecule has 1 aliphatic rings. The smallest absolute Gasteiger partial charge is 0.256 e. The van der Waals surface area contributed by atoms with Gasteiger partial charge in [0.15, 0.2) is 11.5 Å². The molecule has 0 saturated heterocycles. The highest BCUT2D eigenvalue weighted by Gasteiger charge is 2.31. The van der Waals surface area contributed by atoms with Crippen molar-refractivity contribution in [3.05, 3.63) is 45.5 Å². The van der Waals surface area contributed by atoms with E-state index in [9.17, 15) is 14.7 Å². The fourth-order valence-electron chi connectivity index (χ4n) is 2.68. The van der Waals surface area contributed by atoms with E-state index in [0.29, 0.717) is 22.7 Å². The van der Waals surface area contributed by atoms with Crippen molar-refractivity contribution in [1.82, 2.24) is 9.97 Å². The van der Waals surface area contributed by atoms with Crippen molar-refractivity contribution >= 4 is 11.7 Å². The Labute approximate surface area is 126 Å². The zero-order chi connectivity index (χ0) is 15.9. The van der Waals surface area contributed by atoms with E-state index in [1.54, 1.807) is 19.1 Å². The second kappa shape index (κ2) is 5.18. The van der Waals surface area contributed by atoms with Crippen molar-refractivity contribution in [3.8, 4) is 11.5 Å². The maximum absolute atomic E-state index is 12.3. The van der Waals surface area contributed by atoms with Crippen molar-refractivity contribution < 1.29 is 14.6 Å². The topological polar surface area (TPSA) is 104 Å². The van der Waals surface area contributed by atoms with Crippen LogP contribution in [0.4, 0.5) is 5.82 Å². The van der Waals surface area contributed by atoms with E-state index in [2.05, 4.69) is 15.3 Å². The summed E-state index contributed by atoms with van der Waals surface area (Å²) in [5, 5.41) is 12.3. The van der Waals surface area contributed by atoms with Gasteiger partial charge in [0.05, 0.1) is 12.7 Å². The molecule has 1 aromatic carbocycles. The van der Waals surface area contributed by atoms with Crippen molar-refractivity contribution in [3.63, 3.8) is 0 Å². The molecule has 2 aromatic rings. The van der Waals surface area contributed by atoms with Crippen LogP contribution in [0.15, 0.2) is 23.0 Å². The minimum Gasteiger partial charge on any atom is -0.504 e. The molecule has 7 nitrogen and oxygen atoms in total. The van der Waals surface area contributed by atoms with Crippen LogP contribution in [0.25, 0.3) is 0 Å². The second-order valence-corrected chi connectivity index (χ2v) is 5.15. The van der Waals surface area contributed by atoms with E-state index in [1.807, 2.05) is 0 Å². The third-order valence-electron chi connectivity index (χ3n) is 3.68. The fraction of sp³-hybridized carbons (Fsp3) is 0.267. The lowest BCUT2D eigenvalue weighted by molar-refractivity contribution is -0.116. The number of ether oxygens (including phenoxy) is 1. The molecule has 0 fully saturated rings. The Morgan fingerprint density at radius 2 is 2.14 bits per heavy atom. The van der Waals surface area contributed by atoms with Crippen molar-refractivity contribution in [2.24, 2.45) is 0 Å². The average molecular weight is 301 g/mol. The summed E-state index contributed by atoms with van der Waals surface area (Å²) in [6.07, 6.45) is 0.134. The molecular formula is C15H15N3O4. The van der Waals surface area contributed by atoms with Crippen LogP contribution < -0.4 is 15.6 Å². The number of methoxy groups -OCH3 is 1. The number of fused-ring (bicyclic) bond motifs is 1. The van der Waals surface area contributed by atoms with Gasteiger partial charge in [-0.15, -0.1) is 0 Å². The maximum atomic E-state index is 12.3. The summed E-state index contributed by atoms with van der Waals surface area (Å²) in [4.78, 5) is 31.0. The molecule has 3 rings (SSSR count).